The van der Waals surface area contributed by atoms with Gasteiger partial charge in [0.15, 0.2) is 12.2 Å². The third kappa shape index (κ3) is 11.5. The zero-order valence-electron chi connectivity index (χ0n) is 30.5. The molecule has 0 spiro atoms. The molecule has 2 aromatic heterocycles. The Hall–Kier alpha value is -6.10. The first kappa shape index (κ1) is 42.6. The number of aliphatic carboxylic acids is 2. The molecule has 0 aliphatic rings. The van der Waals surface area contributed by atoms with E-state index in [1.807, 2.05) is 30.3 Å². The Balaban J connectivity index is 0.000000613. The lowest BCUT2D eigenvalue weighted by atomic mass is 10.0. The molecule has 16 heteroatoms. The number of carbonyl (C=O) groups is 3. The van der Waals surface area contributed by atoms with Gasteiger partial charge in [0.05, 0.1) is 22.7 Å². The molecule has 56 heavy (non-hydrogen) atoms. The number of halogens is 3. The number of fused-ring (bicyclic) bond motifs is 1. The maximum atomic E-state index is 14.1. The number of furan rings is 1. The van der Waals surface area contributed by atoms with E-state index in [9.17, 15) is 32.3 Å². The van der Waals surface area contributed by atoms with Crippen molar-refractivity contribution in [3.8, 4) is 11.1 Å². The molecule has 5 aromatic rings. The molecule has 0 saturated carbocycles. The summed E-state index contributed by atoms with van der Waals surface area (Å²) in [6.45, 7) is 7.27. The van der Waals surface area contributed by atoms with Gasteiger partial charge in [0, 0.05) is 19.6 Å². The predicted octanol–water partition coefficient (Wildman–Crippen LogP) is 5.09. The second-order valence-corrected chi connectivity index (χ2v) is 12.4. The Morgan fingerprint density at radius 1 is 0.821 bits per heavy atom. The van der Waals surface area contributed by atoms with Crippen LogP contribution in [0.15, 0.2) is 100 Å². The molecule has 0 radical (unpaired) electrons. The van der Waals surface area contributed by atoms with Crippen molar-refractivity contribution in [1.82, 2.24) is 19.4 Å². The first-order valence-corrected chi connectivity index (χ1v) is 17.4. The zero-order valence-corrected chi connectivity index (χ0v) is 30.5. The Labute approximate surface area is 319 Å². The Kier molecular flexibility index (Phi) is 14.8. The second-order valence-electron chi connectivity index (χ2n) is 12.4. The SMILES string of the molecule is CCN(CC)CCN(Cc1ccc(-c2ccc(C(F)(F)F)cc2)cc1)C(=O)Cn1c(/C=C/c2ccco2)nc(=O)c2ccccc21.O=C(O)[C@H](O)[C@@H](O)C(=O)O. The van der Waals surface area contributed by atoms with Crippen molar-refractivity contribution in [1.29, 1.82) is 0 Å². The van der Waals surface area contributed by atoms with E-state index in [-0.39, 0.29) is 18.0 Å². The van der Waals surface area contributed by atoms with Crippen LogP contribution in [0.4, 0.5) is 13.2 Å². The van der Waals surface area contributed by atoms with Crippen LogP contribution in [0.5, 0.6) is 0 Å². The molecule has 296 valence electrons. The molecular formula is C40H41F3N4O9. The lowest BCUT2D eigenvalue weighted by Gasteiger charge is -2.27. The number of rotatable bonds is 15. The van der Waals surface area contributed by atoms with Gasteiger partial charge in [0.25, 0.3) is 5.56 Å². The topological polar surface area (TPSA) is 187 Å². The Morgan fingerprint density at radius 2 is 1.41 bits per heavy atom. The van der Waals surface area contributed by atoms with Crippen LogP contribution in [0.1, 0.15) is 36.6 Å². The summed E-state index contributed by atoms with van der Waals surface area (Å²) < 4.78 is 46.2. The van der Waals surface area contributed by atoms with Crippen LogP contribution in [0.2, 0.25) is 0 Å². The summed E-state index contributed by atoms with van der Waals surface area (Å²) in [5.74, 6) is -2.77. The number of benzene rings is 3. The van der Waals surface area contributed by atoms with Crippen molar-refractivity contribution >= 4 is 40.9 Å². The fraction of sp³-hybridized carbons (Fsp3) is 0.275. The average molecular weight is 779 g/mol. The van der Waals surface area contributed by atoms with E-state index in [1.54, 1.807) is 58.2 Å². The second kappa shape index (κ2) is 19.5. The van der Waals surface area contributed by atoms with Crippen molar-refractivity contribution in [3.05, 3.63) is 124 Å². The molecule has 0 fully saturated rings. The van der Waals surface area contributed by atoms with Crippen molar-refractivity contribution in [2.75, 3.05) is 26.2 Å². The number of alkyl halides is 3. The molecule has 0 bridgehead atoms. The quantitative estimate of drug-likeness (QED) is 0.111. The van der Waals surface area contributed by atoms with Gasteiger partial charge < -0.3 is 39.2 Å². The van der Waals surface area contributed by atoms with Crippen LogP contribution in [-0.2, 0) is 33.6 Å². The number of amides is 1. The molecule has 1 amide bonds. The summed E-state index contributed by atoms with van der Waals surface area (Å²) in [5.41, 5.74) is 1.84. The molecule has 0 unspecified atom stereocenters. The van der Waals surface area contributed by atoms with Gasteiger partial charge in [-0.1, -0.05) is 62.4 Å². The number of carboxylic acids is 2. The van der Waals surface area contributed by atoms with E-state index in [2.05, 4.69) is 23.7 Å². The molecule has 2 heterocycles. The van der Waals surface area contributed by atoms with Gasteiger partial charge in [-0.15, -0.1) is 0 Å². The molecule has 3 aromatic carbocycles. The molecule has 5 rings (SSSR count). The van der Waals surface area contributed by atoms with E-state index < -0.39 is 35.9 Å². The highest BCUT2D eigenvalue weighted by molar-refractivity contribution is 5.84. The van der Waals surface area contributed by atoms with E-state index in [1.165, 1.54) is 12.1 Å². The molecule has 0 aliphatic heterocycles. The van der Waals surface area contributed by atoms with Crippen LogP contribution in [0.25, 0.3) is 34.2 Å². The van der Waals surface area contributed by atoms with E-state index in [0.717, 1.165) is 36.3 Å². The summed E-state index contributed by atoms with van der Waals surface area (Å²) in [5, 5.41) is 32.9. The fourth-order valence-corrected chi connectivity index (χ4v) is 5.55. The van der Waals surface area contributed by atoms with Crippen molar-refractivity contribution in [2.24, 2.45) is 0 Å². The summed E-state index contributed by atoms with van der Waals surface area (Å²) in [6.07, 6.45) is -4.00. The zero-order chi connectivity index (χ0) is 41.0. The number of aliphatic hydroxyl groups excluding tert-OH is 2. The van der Waals surface area contributed by atoms with Crippen LogP contribution >= 0.6 is 0 Å². The summed E-state index contributed by atoms with van der Waals surface area (Å²) >= 11 is 0. The number of aliphatic hydroxyl groups is 2. The van der Waals surface area contributed by atoms with Gasteiger partial charge in [-0.05, 0) is 78.3 Å². The summed E-state index contributed by atoms with van der Waals surface area (Å²) in [4.78, 5) is 54.8. The normalized spacial score (nSPS) is 12.6. The van der Waals surface area contributed by atoms with Gasteiger partial charge in [0.1, 0.15) is 18.1 Å². The van der Waals surface area contributed by atoms with E-state index in [0.29, 0.717) is 47.7 Å². The summed E-state index contributed by atoms with van der Waals surface area (Å²) in [7, 11) is 0. The molecule has 2 atom stereocenters. The van der Waals surface area contributed by atoms with Crippen LogP contribution in [-0.4, -0.2) is 96.0 Å². The van der Waals surface area contributed by atoms with E-state index >= 15 is 0 Å². The first-order valence-electron chi connectivity index (χ1n) is 17.4. The molecule has 0 saturated heterocycles. The number of carbonyl (C=O) groups excluding carboxylic acids is 1. The summed E-state index contributed by atoms with van der Waals surface area (Å²) in [6, 6.07) is 23.2. The first-order chi connectivity index (χ1) is 26.6. The minimum Gasteiger partial charge on any atom is -0.479 e. The number of para-hydroxylation sites is 1. The number of likely N-dealkylation sites (N-methyl/N-ethyl adjacent to an activating group) is 1. The number of carboxylic acid groups (broad SMARTS) is 2. The maximum absolute atomic E-state index is 14.1. The van der Waals surface area contributed by atoms with Crippen molar-refractivity contribution in [2.45, 2.75) is 45.3 Å². The average Bonchev–Trinajstić information content (AvgIpc) is 3.71. The molecular weight excluding hydrogens is 737 g/mol. The van der Waals surface area contributed by atoms with Crippen LogP contribution in [0.3, 0.4) is 0 Å². The van der Waals surface area contributed by atoms with Gasteiger partial charge in [0.2, 0.25) is 5.91 Å². The van der Waals surface area contributed by atoms with Crippen molar-refractivity contribution in [3.63, 3.8) is 0 Å². The Morgan fingerprint density at radius 3 is 1.95 bits per heavy atom. The van der Waals surface area contributed by atoms with E-state index in [4.69, 9.17) is 24.8 Å². The monoisotopic (exact) mass is 778 g/mol. The molecule has 4 N–H and O–H groups in total. The minimum absolute atomic E-state index is 0.0481. The highest BCUT2D eigenvalue weighted by Crippen LogP contribution is 2.31. The maximum Gasteiger partial charge on any atom is 0.416 e. The van der Waals surface area contributed by atoms with Gasteiger partial charge in [-0.2, -0.15) is 18.2 Å². The highest BCUT2D eigenvalue weighted by atomic mass is 19.4. The van der Waals surface area contributed by atoms with Gasteiger partial charge in [-0.3, -0.25) is 9.59 Å². The Bertz CT molecular complexity index is 2150. The number of nitrogens with zero attached hydrogens (tertiary/aromatic N) is 4. The van der Waals surface area contributed by atoms with Crippen molar-refractivity contribution < 1.29 is 52.4 Å². The molecule has 13 nitrogen and oxygen atoms in total. The third-order valence-electron chi connectivity index (χ3n) is 8.76. The van der Waals surface area contributed by atoms with Gasteiger partial charge >= 0.3 is 18.1 Å². The number of hydrogen-bond acceptors (Lipinski definition) is 9. The van der Waals surface area contributed by atoms with Gasteiger partial charge in [-0.25, -0.2) is 9.59 Å². The standard InChI is InChI=1S/C36H35F3N4O3.C4H6O6/c1-3-41(4-2)21-22-42(24-26-11-13-27(14-12-26)28-15-17-29(18-16-28)36(37,38)39)34(44)25-43-32-10-6-5-9-31(32)35(45)40-33(43)20-19-30-8-7-23-46-30;5-1(3(7)8)2(6)4(9)10/h5-20,23H,3-4,21-22,24-25H2,1-2H3;1-2,5-6H,(H,7,8)(H,9,10)/b20-19+;/t;1-,2-/m.1/s1. The smallest absolute Gasteiger partial charge is 0.416 e. The predicted molar refractivity (Wildman–Crippen MR) is 201 cm³/mol. The fourth-order valence-electron chi connectivity index (χ4n) is 5.55. The minimum atomic E-state index is -4.39. The van der Waals surface area contributed by atoms with Crippen LogP contribution in [0, 0.1) is 0 Å². The third-order valence-corrected chi connectivity index (χ3v) is 8.76. The molecule has 0 aliphatic carbocycles. The lowest BCUT2D eigenvalue weighted by molar-refractivity contribution is -0.165. The largest absolute Gasteiger partial charge is 0.479 e. The number of aromatic nitrogens is 2. The van der Waals surface area contributed by atoms with Crippen LogP contribution < -0.4 is 5.56 Å². The highest BCUT2D eigenvalue weighted by Gasteiger charge is 2.30. The number of hydrogen-bond donors (Lipinski definition) is 4. The lowest BCUT2D eigenvalue weighted by Crippen LogP contribution is -2.40.